The molecule has 1 N–H and O–H groups in total. The minimum absolute atomic E-state index is 0.125. The van der Waals surface area contributed by atoms with Crippen molar-refractivity contribution in [2.24, 2.45) is 0 Å². The van der Waals surface area contributed by atoms with E-state index >= 15 is 0 Å². The van der Waals surface area contributed by atoms with E-state index in [2.05, 4.69) is 0 Å². The van der Waals surface area contributed by atoms with E-state index in [4.69, 9.17) is 19.5 Å². The second kappa shape index (κ2) is 9.31. The number of hydrogen-bond donors (Lipinski definition) is 1. The molecular weight excluding hydrogens is 408 g/mol. The molecule has 0 aliphatic rings. The van der Waals surface area contributed by atoms with Gasteiger partial charge in [0.25, 0.3) is 0 Å². The molecule has 162 valence electrons. The minimum Gasteiger partial charge on any atom is -0.494 e. The molecule has 0 unspecified atom stereocenters. The summed E-state index contributed by atoms with van der Waals surface area (Å²) in [6.45, 7) is 2.73. The highest BCUT2D eigenvalue weighted by Crippen LogP contribution is 2.36. The van der Waals surface area contributed by atoms with Crippen molar-refractivity contribution in [1.29, 1.82) is 5.26 Å². The number of fused-ring (bicyclic) bond motifs is 3. The molecule has 0 aliphatic heterocycles. The number of carboxylic acids is 1. The average molecular weight is 430 g/mol. The number of para-hydroxylation sites is 1. The Balaban J connectivity index is 1.72. The Hall–Kier alpha value is -4.18. The van der Waals surface area contributed by atoms with E-state index in [0.717, 1.165) is 16.8 Å². The van der Waals surface area contributed by atoms with Gasteiger partial charge in [0, 0.05) is 17.9 Å². The first-order chi connectivity index (χ1) is 15.6. The van der Waals surface area contributed by atoms with Gasteiger partial charge in [-0.3, -0.25) is 0 Å². The van der Waals surface area contributed by atoms with Crippen LogP contribution in [0.4, 0.5) is 0 Å². The zero-order valence-electron chi connectivity index (χ0n) is 17.6. The lowest BCUT2D eigenvalue weighted by atomic mass is 10.1. The number of nitrogens with zero attached hydrogens (tertiary/aromatic N) is 2. The molecule has 0 saturated heterocycles. The summed E-state index contributed by atoms with van der Waals surface area (Å²) in [6.07, 6.45) is 2.29. The van der Waals surface area contributed by atoms with Gasteiger partial charge < -0.3 is 23.7 Å². The molecule has 2 aromatic heterocycles. The van der Waals surface area contributed by atoms with Crippen molar-refractivity contribution in [3.8, 4) is 23.3 Å². The molecule has 0 amide bonds. The average Bonchev–Trinajstić information content (AvgIpc) is 3.13. The summed E-state index contributed by atoms with van der Waals surface area (Å²) in [5, 5.41) is 19.4. The number of ether oxygens (including phenoxy) is 3. The minimum atomic E-state index is -1.04. The van der Waals surface area contributed by atoms with Crippen LogP contribution in [0.3, 0.4) is 0 Å². The molecule has 4 rings (SSSR count). The summed E-state index contributed by atoms with van der Waals surface area (Å²) >= 11 is 0. The van der Waals surface area contributed by atoms with Crippen LogP contribution in [0.2, 0.25) is 0 Å². The van der Waals surface area contributed by atoms with Crippen LogP contribution >= 0.6 is 0 Å². The SMILES string of the molecule is CCOc1cccc(CCOc2cc(OCC#N)cn3c2c(C(=O)O)c2ccccc23)c1. The summed E-state index contributed by atoms with van der Waals surface area (Å²) in [4.78, 5) is 12.1. The van der Waals surface area contributed by atoms with Crippen LogP contribution in [0.25, 0.3) is 16.4 Å². The van der Waals surface area contributed by atoms with Gasteiger partial charge in [0.1, 0.15) is 28.8 Å². The molecule has 0 fully saturated rings. The Morgan fingerprint density at radius 2 is 1.91 bits per heavy atom. The number of aromatic nitrogens is 1. The summed E-state index contributed by atoms with van der Waals surface area (Å²) in [5.74, 6) is 0.564. The van der Waals surface area contributed by atoms with Gasteiger partial charge in [-0.1, -0.05) is 30.3 Å². The van der Waals surface area contributed by atoms with Crippen molar-refractivity contribution in [3.05, 3.63) is 71.9 Å². The molecule has 2 aromatic carbocycles. The maximum absolute atomic E-state index is 12.1. The second-order valence-electron chi connectivity index (χ2n) is 7.08. The van der Waals surface area contributed by atoms with Crippen LogP contribution in [-0.4, -0.2) is 35.3 Å². The van der Waals surface area contributed by atoms with E-state index in [0.29, 0.717) is 42.0 Å². The highest BCUT2D eigenvalue weighted by atomic mass is 16.5. The Labute approximate surface area is 185 Å². The molecule has 0 saturated carbocycles. The van der Waals surface area contributed by atoms with Crippen LogP contribution in [0.15, 0.2) is 60.8 Å². The number of carboxylic acid groups (broad SMARTS) is 1. The third-order valence-corrected chi connectivity index (χ3v) is 5.05. The first-order valence-electron chi connectivity index (χ1n) is 10.3. The predicted octanol–water partition coefficient (Wildman–Crippen LogP) is 4.71. The molecule has 4 aromatic rings. The van der Waals surface area contributed by atoms with Gasteiger partial charge in [-0.15, -0.1) is 0 Å². The molecule has 7 nitrogen and oxygen atoms in total. The molecule has 0 spiro atoms. The third kappa shape index (κ3) is 4.16. The lowest BCUT2D eigenvalue weighted by molar-refractivity contribution is 0.0700. The first kappa shape index (κ1) is 21.1. The van der Waals surface area contributed by atoms with Crippen LogP contribution in [0.5, 0.6) is 17.2 Å². The zero-order chi connectivity index (χ0) is 22.5. The summed E-state index contributed by atoms with van der Waals surface area (Å²) in [7, 11) is 0. The lowest BCUT2D eigenvalue weighted by Gasteiger charge is -2.12. The van der Waals surface area contributed by atoms with Crippen LogP contribution in [0, 0.1) is 11.3 Å². The summed E-state index contributed by atoms with van der Waals surface area (Å²) in [5.41, 5.74) is 2.38. The standard InChI is InChI=1S/C25H22N2O5/c1-2-30-18-7-5-6-17(14-18)10-12-32-22-15-19(31-13-11-26)16-27-21-9-4-3-8-20(21)23(24(22)27)25(28)29/h3-9,14-16H,2,10,12-13H2,1H3,(H,28,29). The van der Waals surface area contributed by atoms with Gasteiger partial charge in [0.15, 0.2) is 6.61 Å². The van der Waals surface area contributed by atoms with Crippen LogP contribution < -0.4 is 14.2 Å². The van der Waals surface area contributed by atoms with Crippen molar-refractivity contribution in [2.75, 3.05) is 19.8 Å². The van der Waals surface area contributed by atoms with E-state index in [9.17, 15) is 9.90 Å². The Kier molecular flexibility index (Phi) is 6.13. The Bertz CT molecular complexity index is 1320. The van der Waals surface area contributed by atoms with E-state index in [1.54, 1.807) is 28.8 Å². The Morgan fingerprint density at radius 3 is 2.69 bits per heavy atom. The largest absolute Gasteiger partial charge is 0.494 e. The molecule has 0 radical (unpaired) electrons. The Morgan fingerprint density at radius 1 is 1.06 bits per heavy atom. The van der Waals surface area contributed by atoms with Crippen LogP contribution in [0.1, 0.15) is 22.8 Å². The quantitative estimate of drug-likeness (QED) is 0.413. The highest BCUT2D eigenvalue weighted by molar-refractivity contribution is 6.12. The molecule has 7 heteroatoms. The zero-order valence-corrected chi connectivity index (χ0v) is 17.6. The number of benzene rings is 2. The normalized spacial score (nSPS) is 10.8. The van der Waals surface area contributed by atoms with Crippen molar-refractivity contribution >= 4 is 22.4 Å². The van der Waals surface area contributed by atoms with E-state index < -0.39 is 5.97 Å². The van der Waals surface area contributed by atoms with Crippen molar-refractivity contribution in [2.45, 2.75) is 13.3 Å². The number of hydrogen-bond acceptors (Lipinski definition) is 5. The topological polar surface area (TPSA) is 93.2 Å². The first-order valence-corrected chi connectivity index (χ1v) is 10.3. The number of nitriles is 1. The van der Waals surface area contributed by atoms with E-state index in [1.165, 1.54) is 0 Å². The second-order valence-corrected chi connectivity index (χ2v) is 7.08. The highest BCUT2D eigenvalue weighted by Gasteiger charge is 2.22. The van der Waals surface area contributed by atoms with Crippen LogP contribution in [-0.2, 0) is 6.42 Å². The number of aromatic carboxylic acids is 1. The fourth-order valence-electron chi connectivity index (χ4n) is 3.76. The van der Waals surface area contributed by atoms with Gasteiger partial charge in [0.2, 0.25) is 0 Å². The van der Waals surface area contributed by atoms with Crippen molar-refractivity contribution < 1.29 is 24.1 Å². The van der Waals surface area contributed by atoms with Gasteiger partial charge in [0.05, 0.1) is 30.5 Å². The molecule has 32 heavy (non-hydrogen) atoms. The number of carbonyl (C=O) groups is 1. The van der Waals surface area contributed by atoms with Crippen molar-refractivity contribution in [3.63, 3.8) is 0 Å². The predicted molar refractivity (Wildman–Crippen MR) is 120 cm³/mol. The maximum atomic E-state index is 12.1. The molecule has 2 heterocycles. The van der Waals surface area contributed by atoms with Gasteiger partial charge >= 0.3 is 5.97 Å². The fraction of sp³-hybridized carbons (Fsp3) is 0.200. The molecule has 0 aliphatic carbocycles. The summed E-state index contributed by atoms with van der Waals surface area (Å²) < 4.78 is 18.9. The fourth-order valence-corrected chi connectivity index (χ4v) is 3.76. The molecule has 0 bridgehead atoms. The third-order valence-electron chi connectivity index (χ3n) is 5.05. The smallest absolute Gasteiger partial charge is 0.338 e. The number of pyridine rings is 1. The number of rotatable bonds is 9. The van der Waals surface area contributed by atoms with E-state index in [1.807, 2.05) is 49.4 Å². The maximum Gasteiger partial charge on any atom is 0.338 e. The lowest BCUT2D eigenvalue weighted by Crippen LogP contribution is -2.06. The van der Waals surface area contributed by atoms with E-state index in [-0.39, 0.29) is 12.2 Å². The summed E-state index contributed by atoms with van der Waals surface area (Å²) in [6, 6.07) is 18.6. The van der Waals surface area contributed by atoms with Gasteiger partial charge in [-0.2, -0.15) is 5.26 Å². The van der Waals surface area contributed by atoms with Gasteiger partial charge in [-0.05, 0) is 30.7 Å². The van der Waals surface area contributed by atoms with Gasteiger partial charge in [-0.25, -0.2) is 4.79 Å². The van der Waals surface area contributed by atoms with Crippen molar-refractivity contribution in [1.82, 2.24) is 4.40 Å². The molecule has 0 atom stereocenters. The monoisotopic (exact) mass is 430 g/mol. The molecular formula is C25H22N2O5.